The molecule has 4 atom stereocenters. The van der Waals surface area contributed by atoms with Crippen LogP contribution in [-0.2, 0) is 35.1 Å². The maximum absolute atomic E-state index is 13.4. The Morgan fingerprint density at radius 3 is 2.33 bits per heavy atom. The largest absolute Gasteiger partial charge is 1.00 e. The number of nitrogens with one attached hydrogen (secondary N) is 3. The third-order valence-corrected chi connectivity index (χ3v) is 8.81. The van der Waals surface area contributed by atoms with Crippen molar-refractivity contribution in [1.29, 1.82) is 0 Å². The summed E-state index contributed by atoms with van der Waals surface area (Å²) in [4.78, 5) is 65.3. The standard InChI is InChI=1S/C27H34FN3O6S2.CH4.FH.K/c1-16(2)21-13-19(32)12-20-5-3-4-10-38-39-15-23(31-25(21)34)27(36)30-22(26(35)29-14-24(33)37-20)11-17-6-8-18(28)9-7-17;;;/h3,5-9,16,20-23H,4,10-15H2,1-2H3,(H,29,35)(H,30,36)(H,31,34);1H4;1H;/q;;;+1/p-1/b5-3+;;;/t20?,21-,22-,23-;;;/m1.../s1. The van der Waals surface area contributed by atoms with Crippen LogP contribution in [0.1, 0.15) is 46.1 Å². The molecule has 3 rings (SSSR count). The molecule has 3 amide bonds. The van der Waals surface area contributed by atoms with Gasteiger partial charge in [-0.05, 0) is 36.1 Å². The minimum Gasteiger partial charge on any atom is -1.00 e. The Morgan fingerprint density at radius 2 is 1.67 bits per heavy atom. The van der Waals surface area contributed by atoms with E-state index in [-0.39, 0.29) is 100 Å². The van der Waals surface area contributed by atoms with Gasteiger partial charge >= 0.3 is 57.4 Å². The van der Waals surface area contributed by atoms with E-state index in [1.165, 1.54) is 45.9 Å². The van der Waals surface area contributed by atoms with Crippen molar-refractivity contribution >= 4 is 51.1 Å². The van der Waals surface area contributed by atoms with Gasteiger partial charge in [0.2, 0.25) is 17.7 Å². The molecule has 3 N–H and O–H groups in total. The van der Waals surface area contributed by atoms with Crippen molar-refractivity contribution in [2.24, 2.45) is 11.8 Å². The molecule has 0 spiro atoms. The number of Topliss-reactive ketones (excluding diaryl/α,β-unsaturated/α-hetero) is 1. The Morgan fingerprint density at radius 1 is 0.976 bits per heavy atom. The predicted molar refractivity (Wildman–Crippen MR) is 155 cm³/mol. The summed E-state index contributed by atoms with van der Waals surface area (Å²) in [5.74, 6) is -3.04. The van der Waals surface area contributed by atoms with E-state index in [4.69, 9.17) is 4.74 Å². The number of ketones is 1. The zero-order chi connectivity index (χ0) is 28.4. The Kier molecular flexibility index (Phi) is 20.0. The fraction of sp³-hybridized carbons (Fsp3) is 0.536. The number of carbonyl (C=O) groups is 5. The van der Waals surface area contributed by atoms with Crippen molar-refractivity contribution in [3.05, 3.63) is 47.8 Å². The summed E-state index contributed by atoms with van der Waals surface area (Å²) in [5.41, 5.74) is 0.592. The molecule has 1 unspecified atom stereocenters. The second-order valence-electron chi connectivity index (χ2n) is 9.82. The molecule has 2 aliphatic heterocycles. The zero-order valence-electron chi connectivity index (χ0n) is 23.3. The van der Waals surface area contributed by atoms with Gasteiger partial charge in [-0.1, -0.05) is 61.1 Å². The minimum atomic E-state index is -1.10. The van der Waals surface area contributed by atoms with Crippen molar-refractivity contribution in [1.82, 2.24) is 16.0 Å². The number of ether oxygens (including phenoxy) is 1. The zero-order valence-corrected chi connectivity index (χ0v) is 28.1. The second-order valence-corrected chi connectivity index (χ2v) is 12.4. The van der Waals surface area contributed by atoms with E-state index < -0.39 is 60.2 Å². The van der Waals surface area contributed by atoms with Gasteiger partial charge in [0.25, 0.3) is 0 Å². The molecule has 1 aromatic rings. The molecular weight excluding hydrogens is 616 g/mol. The van der Waals surface area contributed by atoms with Gasteiger partial charge in [-0.25, -0.2) is 4.39 Å². The fourth-order valence-electron chi connectivity index (χ4n) is 4.16. The SMILES string of the molecule is C.CC(C)[C@H]1CC(=O)CC2/C=C/CCSSC[C@@H](NC1=O)C(=O)N[C@H](Cc1ccc(F)cc1)C(=O)NCC(=O)O2.[F-].[K+]. The van der Waals surface area contributed by atoms with Crippen molar-refractivity contribution in [2.75, 3.05) is 18.1 Å². The van der Waals surface area contributed by atoms with Crippen molar-refractivity contribution in [3.63, 3.8) is 0 Å². The van der Waals surface area contributed by atoms with Gasteiger partial charge in [0.15, 0.2) is 0 Å². The fourth-order valence-corrected chi connectivity index (χ4v) is 6.32. The number of halogens is 2. The Bertz CT molecular complexity index is 1090. The second kappa shape index (κ2) is 20.6. The monoisotopic (exact) mass is 653 g/mol. The number of esters is 1. The van der Waals surface area contributed by atoms with Gasteiger partial charge in [-0.3, -0.25) is 24.0 Å². The molecule has 0 saturated carbocycles. The van der Waals surface area contributed by atoms with E-state index in [1.807, 2.05) is 19.9 Å². The summed E-state index contributed by atoms with van der Waals surface area (Å²) in [6.45, 7) is 3.18. The first-order valence-electron chi connectivity index (χ1n) is 12.9. The number of amides is 3. The topological polar surface area (TPSA) is 131 Å². The molecule has 14 heteroatoms. The van der Waals surface area contributed by atoms with Crippen molar-refractivity contribution in [3.8, 4) is 0 Å². The van der Waals surface area contributed by atoms with Crippen LogP contribution in [-0.4, -0.2) is 65.7 Å². The molecule has 0 aliphatic carbocycles. The summed E-state index contributed by atoms with van der Waals surface area (Å²) in [6.07, 6.45) is 3.17. The predicted octanol–water partition coefficient (Wildman–Crippen LogP) is -3.01. The summed E-state index contributed by atoms with van der Waals surface area (Å²) in [6, 6.07) is 3.44. The third-order valence-electron chi connectivity index (χ3n) is 6.36. The molecule has 0 aromatic heterocycles. The molecule has 2 heterocycles. The first-order chi connectivity index (χ1) is 18.6. The number of hydrogen-bond donors (Lipinski definition) is 3. The quantitative estimate of drug-likeness (QED) is 0.136. The molecule has 1 fully saturated rings. The van der Waals surface area contributed by atoms with Crippen LogP contribution in [0.5, 0.6) is 0 Å². The van der Waals surface area contributed by atoms with Gasteiger partial charge < -0.3 is 25.4 Å². The van der Waals surface area contributed by atoms with E-state index >= 15 is 0 Å². The smallest absolute Gasteiger partial charge is 1.00 e. The number of rotatable bonds is 3. The molecular formula is C28H38F2KN3O6S2. The molecule has 228 valence electrons. The van der Waals surface area contributed by atoms with Crippen LogP contribution >= 0.6 is 21.6 Å². The third kappa shape index (κ3) is 13.6. The van der Waals surface area contributed by atoms with Crippen molar-refractivity contribution < 1.29 is 89.2 Å². The molecule has 0 radical (unpaired) electrons. The van der Waals surface area contributed by atoms with Crippen LogP contribution in [0.2, 0.25) is 0 Å². The van der Waals surface area contributed by atoms with E-state index in [0.717, 1.165) is 0 Å². The summed E-state index contributed by atoms with van der Waals surface area (Å²) in [5, 5.41) is 7.98. The Labute approximate surface area is 296 Å². The van der Waals surface area contributed by atoms with Crippen LogP contribution in [0, 0.1) is 17.7 Å². The van der Waals surface area contributed by atoms with Crippen molar-refractivity contribution in [2.45, 2.75) is 65.1 Å². The average Bonchev–Trinajstić information content (AvgIpc) is 2.88. The van der Waals surface area contributed by atoms with E-state index in [9.17, 15) is 28.4 Å². The number of allylic oxidation sites excluding steroid dienone is 1. The van der Waals surface area contributed by atoms with Gasteiger partial charge in [0.05, 0.1) is 0 Å². The molecule has 1 aromatic carbocycles. The Balaban J connectivity index is 0.00000560. The molecule has 2 bridgehead atoms. The van der Waals surface area contributed by atoms with Gasteiger partial charge in [0, 0.05) is 36.7 Å². The Hall–Kier alpha value is -1.29. The minimum absolute atomic E-state index is 0. The van der Waals surface area contributed by atoms with Crippen LogP contribution in [0.3, 0.4) is 0 Å². The average molecular weight is 654 g/mol. The van der Waals surface area contributed by atoms with Gasteiger partial charge in [0.1, 0.15) is 36.3 Å². The van der Waals surface area contributed by atoms with Crippen LogP contribution in [0.25, 0.3) is 0 Å². The van der Waals surface area contributed by atoms with Crippen LogP contribution < -0.4 is 72.0 Å². The normalized spacial score (nSPS) is 25.2. The van der Waals surface area contributed by atoms with Crippen LogP contribution in [0.15, 0.2) is 36.4 Å². The first kappa shape index (κ1) is 40.7. The van der Waals surface area contributed by atoms with Gasteiger partial charge in [-0.2, -0.15) is 0 Å². The number of carbonyl (C=O) groups excluding carboxylic acids is 5. The summed E-state index contributed by atoms with van der Waals surface area (Å²) in [7, 11) is 2.93. The molecule has 42 heavy (non-hydrogen) atoms. The maximum atomic E-state index is 13.4. The van der Waals surface area contributed by atoms with E-state index in [2.05, 4.69) is 16.0 Å². The summed E-state index contributed by atoms with van der Waals surface area (Å²) >= 11 is 0. The number of hydrogen-bond acceptors (Lipinski definition) is 8. The number of benzene rings is 1. The maximum Gasteiger partial charge on any atom is 1.00 e. The molecule has 9 nitrogen and oxygen atoms in total. The summed E-state index contributed by atoms with van der Waals surface area (Å²) < 4.78 is 18.9. The number of fused-ring (bicyclic) bond motifs is 7. The molecule has 1 saturated heterocycles. The first-order valence-corrected chi connectivity index (χ1v) is 15.4. The van der Waals surface area contributed by atoms with Crippen LogP contribution in [0.4, 0.5) is 4.39 Å². The van der Waals surface area contributed by atoms with E-state index in [0.29, 0.717) is 17.7 Å². The molecule has 2 aliphatic rings. The van der Waals surface area contributed by atoms with Gasteiger partial charge in [-0.15, -0.1) is 0 Å². The van der Waals surface area contributed by atoms with E-state index in [1.54, 1.807) is 6.08 Å².